The van der Waals surface area contributed by atoms with Crippen molar-refractivity contribution in [3.8, 4) is 0 Å². The molecule has 0 aliphatic heterocycles. The van der Waals surface area contributed by atoms with Crippen LogP contribution in [0, 0.1) is 0 Å². The first-order chi connectivity index (χ1) is 7.15. The molecular formula is C10H12Br3NS. The van der Waals surface area contributed by atoms with Crippen LogP contribution in [-0.4, -0.2) is 18.1 Å². The van der Waals surface area contributed by atoms with E-state index in [0.717, 1.165) is 31.4 Å². The van der Waals surface area contributed by atoms with Crippen molar-refractivity contribution in [2.45, 2.75) is 6.92 Å². The van der Waals surface area contributed by atoms with Gasteiger partial charge in [0.1, 0.15) is 0 Å². The van der Waals surface area contributed by atoms with Crippen molar-refractivity contribution in [1.82, 2.24) is 0 Å². The molecule has 0 spiro atoms. The van der Waals surface area contributed by atoms with E-state index in [1.807, 2.05) is 23.9 Å². The van der Waals surface area contributed by atoms with E-state index < -0.39 is 0 Å². The third kappa shape index (κ3) is 4.67. The maximum Gasteiger partial charge on any atom is 0.0630 e. The van der Waals surface area contributed by atoms with Crippen LogP contribution in [0.4, 0.5) is 5.69 Å². The van der Waals surface area contributed by atoms with E-state index in [1.165, 1.54) is 5.75 Å². The Bertz CT molecular complexity index is 307. The summed E-state index contributed by atoms with van der Waals surface area (Å²) < 4.78 is 3.21. The summed E-state index contributed by atoms with van der Waals surface area (Å²) in [6.45, 7) is 3.16. The minimum atomic E-state index is 0.983. The fraction of sp³-hybridized carbons (Fsp3) is 0.400. The smallest absolute Gasteiger partial charge is 0.0630 e. The molecule has 0 saturated heterocycles. The number of hydrogen-bond acceptors (Lipinski definition) is 2. The van der Waals surface area contributed by atoms with Gasteiger partial charge in [0, 0.05) is 25.7 Å². The van der Waals surface area contributed by atoms with Gasteiger partial charge < -0.3 is 5.32 Å². The van der Waals surface area contributed by atoms with Crippen molar-refractivity contribution < 1.29 is 0 Å². The first-order valence-corrected chi connectivity index (χ1v) is 8.14. The first-order valence-electron chi connectivity index (χ1n) is 4.61. The molecule has 0 fully saturated rings. The van der Waals surface area contributed by atoms with Crippen LogP contribution < -0.4 is 5.32 Å². The number of rotatable bonds is 5. The standard InChI is InChI=1S/C10H12Br3NS/c1-2-15-4-3-14-10-8(12)5-7(11)6-9(10)13/h5-6,14H,2-4H2,1H3. The van der Waals surface area contributed by atoms with Gasteiger partial charge in [-0.25, -0.2) is 0 Å². The summed E-state index contributed by atoms with van der Waals surface area (Å²) in [5, 5.41) is 3.41. The fourth-order valence-electron chi connectivity index (χ4n) is 1.10. The Labute approximate surface area is 120 Å². The lowest BCUT2D eigenvalue weighted by atomic mass is 10.3. The number of nitrogens with one attached hydrogen (secondary N) is 1. The lowest BCUT2D eigenvalue weighted by Gasteiger charge is -2.10. The van der Waals surface area contributed by atoms with E-state index in [1.54, 1.807) is 0 Å². The molecule has 0 aliphatic rings. The lowest BCUT2D eigenvalue weighted by molar-refractivity contribution is 1.21. The van der Waals surface area contributed by atoms with Crippen molar-refractivity contribution in [1.29, 1.82) is 0 Å². The van der Waals surface area contributed by atoms with E-state index in [4.69, 9.17) is 0 Å². The number of anilines is 1. The fourth-order valence-corrected chi connectivity index (χ4v) is 4.18. The Balaban J connectivity index is 2.60. The predicted octanol–water partition coefficient (Wildman–Crippen LogP) is 5.14. The molecule has 0 aliphatic carbocycles. The van der Waals surface area contributed by atoms with Crippen LogP contribution >= 0.6 is 59.6 Å². The molecule has 0 saturated carbocycles. The normalized spacial score (nSPS) is 10.4. The quantitative estimate of drug-likeness (QED) is 0.666. The van der Waals surface area contributed by atoms with Crippen molar-refractivity contribution in [3.63, 3.8) is 0 Å². The summed E-state index contributed by atoms with van der Waals surface area (Å²) in [5.74, 6) is 2.30. The van der Waals surface area contributed by atoms with Gasteiger partial charge in [-0.15, -0.1) is 0 Å². The number of thioether (sulfide) groups is 1. The van der Waals surface area contributed by atoms with Crippen molar-refractivity contribution in [3.05, 3.63) is 25.6 Å². The Morgan fingerprint density at radius 3 is 2.33 bits per heavy atom. The van der Waals surface area contributed by atoms with Gasteiger partial charge in [-0.3, -0.25) is 0 Å². The number of halogens is 3. The lowest BCUT2D eigenvalue weighted by Crippen LogP contribution is -2.05. The van der Waals surface area contributed by atoms with E-state index in [9.17, 15) is 0 Å². The van der Waals surface area contributed by atoms with Crippen molar-refractivity contribution >= 4 is 65.2 Å². The van der Waals surface area contributed by atoms with Gasteiger partial charge in [-0.2, -0.15) is 11.8 Å². The Morgan fingerprint density at radius 2 is 1.80 bits per heavy atom. The van der Waals surface area contributed by atoms with Crippen LogP contribution in [-0.2, 0) is 0 Å². The van der Waals surface area contributed by atoms with Crippen molar-refractivity contribution in [2.24, 2.45) is 0 Å². The molecule has 0 amide bonds. The molecule has 0 aromatic heterocycles. The predicted molar refractivity (Wildman–Crippen MR) is 81.0 cm³/mol. The van der Waals surface area contributed by atoms with Gasteiger partial charge in [0.05, 0.1) is 5.69 Å². The molecule has 1 N–H and O–H groups in total. The molecule has 0 heterocycles. The molecule has 5 heteroatoms. The molecule has 84 valence electrons. The topological polar surface area (TPSA) is 12.0 Å². The van der Waals surface area contributed by atoms with Gasteiger partial charge in [-0.05, 0) is 49.7 Å². The molecule has 1 nitrogen and oxygen atoms in total. The summed E-state index contributed by atoms with van der Waals surface area (Å²) in [5.41, 5.74) is 1.12. The Hall–Kier alpha value is 0.810. The molecule has 1 aromatic carbocycles. The second-order valence-electron chi connectivity index (χ2n) is 2.87. The molecule has 0 unspecified atom stereocenters. The summed E-state index contributed by atoms with van der Waals surface area (Å²) in [6, 6.07) is 4.08. The highest BCUT2D eigenvalue weighted by Gasteiger charge is 2.05. The van der Waals surface area contributed by atoms with Crippen LogP contribution in [0.1, 0.15) is 6.92 Å². The zero-order valence-electron chi connectivity index (χ0n) is 8.32. The van der Waals surface area contributed by atoms with Crippen molar-refractivity contribution in [2.75, 3.05) is 23.4 Å². The van der Waals surface area contributed by atoms with Crippen LogP contribution in [0.5, 0.6) is 0 Å². The van der Waals surface area contributed by atoms with Gasteiger partial charge >= 0.3 is 0 Å². The average Bonchev–Trinajstić information content (AvgIpc) is 2.15. The molecule has 0 radical (unpaired) electrons. The van der Waals surface area contributed by atoms with E-state index in [2.05, 4.69) is 60.0 Å². The zero-order chi connectivity index (χ0) is 11.3. The molecular weight excluding hydrogens is 406 g/mol. The molecule has 0 bridgehead atoms. The Kier molecular flexibility index (Phi) is 6.66. The first kappa shape index (κ1) is 13.9. The summed E-state index contributed by atoms with van der Waals surface area (Å²) in [6.07, 6.45) is 0. The van der Waals surface area contributed by atoms with Crippen LogP contribution in [0.25, 0.3) is 0 Å². The third-order valence-corrected chi connectivity index (χ3v) is 4.37. The SMILES string of the molecule is CCSCCNc1c(Br)cc(Br)cc1Br. The van der Waals surface area contributed by atoms with E-state index >= 15 is 0 Å². The maximum atomic E-state index is 3.54. The van der Waals surface area contributed by atoms with Gasteiger partial charge in [0.25, 0.3) is 0 Å². The summed E-state index contributed by atoms with van der Waals surface area (Å²) in [7, 11) is 0. The minimum absolute atomic E-state index is 0.983. The number of benzene rings is 1. The van der Waals surface area contributed by atoms with Gasteiger partial charge in [0.2, 0.25) is 0 Å². The second-order valence-corrected chi connectivity index (χ2v) is 6.89. The van der Waals surface area contributed by atoms with Crippen LogP contribution in [0.3, 0.4) is 0 Å². The summed E-state index contributed by atoms with van der Waals surface area (Å²) >= 11 is 12.5. The van der Waals surface area contributed by atoms with Crippen LogP contribution in [0.2, 0.25) is 0 Å². The highest BCUT2D eigenvalue weighted by molar-refractivity contribution is 9.11. The monoisotopic (exact) mass is 415 g/mol. The maximum absolute atomic E-state index is 3.54. The van der Waals surface area contributed by atoms with E-state index in [-0.39, 0.29) is 0 Å². The molecule has 0 atom stereocenters. The van der Waals surface area contributed by atoms with Gasteiger partial charge in [0.15, 0.2) is 0 Å². The van der Waals surface area contributed by atoms with E-state index in [0.29, 0.717) is 0 Å². The van der Waals surface area contributed by atoms with Crippen LogP contribution in [0.15, 0.2) is 25.6 Å². The highest BCUT2D eigenvalue weighted by atomic mass is 79.9. The average molecular weight is 418 g/mol. The zero-order valence-corrected chi connectivity index (χ0v) is 13.9. The number of hydrogen-bond donors (Lipinski definition) is 1. The third-order valence-electron chi connectivity index (χ3n) is 1.76. The molecule has 15 heavy (non-hydrogen) atoms. The van der Waals surface area contributed by atoms with Gasteiger partial charge in [-0.1, -0.05) is 22.9 Å². The second kappa shape index (κ2) is 7.20. The Morgan fingerprint density at radius 1 is 1.20 bits per heavy atom. The molecule has 1 aromatic rings. The highest BCUT2D eigenvalue weighted by Crippen LogP contribution is 2.34. The molecule has 1 rings (SSSR count). The summed E-state index contributed by atoms with van der Waals surface area (Å²) in [4.78, 5) is 0. The largest absolute Gasteiger partial charge is 0.382 e. The minimum Gasteiger partial charge on any atom is -0.382 e.